The van der Waals surface area contributed by atoms with E-state index in [-0.39, 0.29) is 30.6 Å². The summed E-state index contributed by atoms with van der Waals surface area (Å²) in [5.41, 5.74) is -0.124. The number of amides is 1. The first-order valence-corrected chi connectivity index (χ1v) is 8.16. The van der Waals surface area contributed by atoms with E-state index in [1.54, 1.807) is 0 Å². The third-order valence-electron chi connectivity index (χ3n) is 4.33. The first kappa shape index (κ1) is 17.9. The maximum Gasteiger partial charge on any atom is 0.308 e. The van der Waals surface area contributed by atoms with Crippen molar-refractivity contribution in [3.63, 3.8) is 0 Å². The molecule has 1 heterocycles. The van der Waals surface area contributed by atoms with Gasteiger partial charge in [-0.1, -0.05) is 25.7 Å². The van der Waals surface area contributed by atoms with E-state index in [2.05, 4.69) is 10.4 Å². The van der Waals surface area contributed by atoms with Gasteiger partial charge in [-0.2, -0.15) is 5.10 Å². The highest BCUT2D eigenvalue weighted by Crippen LogP contribution is 2.23. The number of aliphatic carboxylic acids is 1. The number of nitro groups is 1. The van der Waals surface area contributed by atoms with E-state index in [0.29, 0.717) is 12.8 Å². The van der Waals surface area contributed by atoms with E-state index in [1.807, 2.05) is 0 Å². The topological polar surface area (TPSA) is 127 Å². The molecule has 1 aliphatic rings. The zero-order chi connectivity index (χ0) is 17.5. The Hall–Kier alpha value is -2.45. The number of nitrogens with one attached hydrogen (secondary N) is 1. The molecule has 1 saturated carbocycles. The van der Waals surface area contributed by atoms with Gasteiger partial charge in [0.2, 0.25) is 5.91 Å². The second kappa shape index (κ2) is 8.42. The number of rotatable bonds is 6. The van der Waals surface area contributed by atoms with Crippen LogP contribution in [0.5, 0.6) is 0 Å². The summed E-state index contributed by atoms with van der Waals surface area (Å²) in [6.45, 7) is 0.212. The molecule has 24 heavy (non-hydrogen) atoms. The van der Waals surface area contributed by atoms with Gasteiger partial charge < -0.3 is 10.4 Å². The van der Waals surface area contributed by atoms with Gasteiger partial charge in [0.05, 0.1) is 10.8 Å². The van der Waals surface area contributed by atoms with Crippen molar-refractivity contribution in [1.29, 1.82) is 0 Å². The van der Waals surface area contributed by atoms with Crippen LogP contribution in [0.4, 0.5) is 5.69 Å². The standard InChI is InChI=1S/C15H22N4O5/c20-14(7-8-18-10-11(9-16-18)19(23)24)17-13-6-4-2-1-3-5-12(13)15(21)22/h9-10,12-13H,1-8H2,(H,17,20)(H,21,22). The molecule has 0 aliphatic heterocycles. The smallest absolute Gasteiger partial charge is 0.308 e. The van der Waals surface area contributed by atoms with E-state index in [4.69, 9.17) is 0 Å². The minimum Gasteiger partial charge on any atom is -0.481 e. The number of aryl methyl sites for hydroxylation is 1. The maximum absolute atomic E-state index is 12.1. The van der Waals surface area contributed by atoms with Gasteiger partial charge >= 0.3 is 11.7 Å². The lowest BCUT2D eigenvalue weighted by molar-refractivity contribution is -0.385. The molecule has 1 aliphatic carbocycles. The zero-order valence-electron chi connectivity index (χ0n) is 13.4. The van der Waals surface area contributed by atoms with Gasteiger partial charge in [0.1, 0.15) is 12.4 Å². The lowest BCUT2D eigenvalue weighted by Crippen LogP contribution is -2.44. The van der Waals surface area contributed by atoms with Gasteiger partial charge in [0, 0.05) is 19.0 Å². The highest BCUT2D eigenvalue weighted by Gasteiger charge is 2.29. The lowest BCUT2D eigenvalue weighted by atomic mass is 9.86. The van der Waals surface area contributed by atoms with E-state index < -0.39 is 16.8 Å². The second-order valence-electron chi connectivity index (χ2n) is 6.08. The number of hydrogen-bond acceptors (Lipinski definition) is 5. The quantitative estimate of drug-likeness (QED) is 0.600. The van der Waals surface area contributed by atoms with Crippen molar-refractivity contribution in [2.75, 3.05) is 0 Å². The molecule has 2 N–H and O–H groups in total. The van der Waals surface area contributed by atoms with Crippen molar-refractivity contribution in [2.24, 2.45) is 5.92 Å². The van der Waals surface area contributed by atoms with E-state index in [0.717, 1.165) is 31.9 Å². The fourth-order valence-electron chi connectivity index (χ4n) is 3.02. The molecule has 0 saturated heterocycles. The van der Waals surface area contributed by atoms with E-state index in [1.165, 1.54) is 10.9 Å². The molecule has 2 unspecified atom stereocenters. The Morgan fingerprint density at radius 1 is 1.33 bits per heavy atom. The maximum atomic E-state index is 12.1. The Kier molecular flexibility index (Phi) is 6.28. The highest BCUT2D eigenvalue weighted by atomic mass is 16.6. The monoisotopic (exact) mass is 338 g/mol. The molecule has 0 bridgehead atoms. The summed E-state index contributed by atoms with van der Waals surface area (Å²) < 4.78 is 1.34. The zero-order valence-corrected chi connectivity index (χ0v) is 13.4. The summed E-state index contributed by atoms with van der Waals surface area (Å²) in [6.07, 6.45) is 7.58. The molecule has 1 aromatic heterocycles. The van der Waals surface area contributed by atoms with Crippen LogP contribution in [-0.2, 0) is 16.1 Å². The fourth-order valence-corrected chi connectivity index (χ4v) is 3.02. The minimum absolute atomic E-state index is 0.0989. The van der Waals surface area contributed by atoms with Crippen molar-refractivity contribution in [2.45, 2.75) is 57.5 Å². The molecular formula is C15H22N4O5. The first-order valence-electron chi connectivity index (χ1n) is 8.16. The van der Waals surface area contributed by atoms with Crippen molar-refractivity contribution in [1.82, 2.24) is 15.1 Å². The molecule has 2 rings (SSSR count). The number of aromatic nitrogens is 2. The Bertz CT molecular complexity index is 600. The number of carboxylic acid groups (broad SMARTS) is 1. The molecule has 0 aromatic carbocycles. The van der Waals surface area contributed by atoms with Gasteiger partial charge in [-0.3, -0.25) is 24.4 Å². The third-order valence-corrected chi connectivity index (χ3v) is 4.33. The van der Waals surface area contributed by atoms with Crippen LogP contribution >= 0.6 is 0 Å². The largest absolute Gasteiger partial charge is 0.481 e. The van der Waals surface area contributed by atoms with Crippen LogP contribution in [0.15, 0.2) is 12.4 Å². The number of carboxylic acids is 1. The van der Waals surface area contributed by atoms with Gasteiger partial charge in [-0.05, 0) is 12.8 Å². The third kappa shape index (κ3) is 5.04. The van der Waals surface area contributed by atoms with E-state index >= 15 is 0 Å². The van der Waals surface area contributed by atoms with Crippen LogP contribution in [-0.4, -0.2) is 37.7 Å². The second-order valence-corrected chi connectivity index (χ2v) is 6.08. The first-order chi connectivity index (χ1) is 11.5. The summed E-state index contributed by atoms with van der Waals surface area (Å²) in [4.78, 5) is 33.6. The Balaban J connectivity index is 1.88. The molecule has 1 aromatic rings. The van der Waals surface area contributed by atoms with Gasteiger partial charge in [0.15, 0.2) is 0 Å². The van der Waals surface area contributed by atoms with Crippen molar-refractivity contribution in [3.8, 4) is 0 Å². The summed E-state index contributed by atoms with van der Waals surface area (Å²) in [6, 6.07) is -0.359. The number of nitrogens with zero attached hydrogens (tertiary/aromatic N) is 3. The van der Waals surface area contributed by atoms with E-state index in [9.17, 15) is 24.8 Å². The summed E-state index contributed by atoms with van der Waals surface area (Å²) in [5.74, 6) is -1.69. The van der Waals surface area contributed by atoms with Crippen molar-refractivity contribution >= 4 is 17.6 Å². The van der Waals surface area contributed by atoms with Gasteiger partial charge in [-0.15, -0.1) is 0 Å². The molecule has 9 nitrogen and oxygen atoms in total. The Labute approximate surface area is 139 Å². The molecule has 2 atom stereocenters. The minimum atomic E-state index is -0.870. The number of carbonyl (C=O) groups excluding carboxylic acids is 1. The summed E-state index contributed by atoms with van der Waals surface area (Å²) >= 11 is 0. The van der Waals surface area contributed by atoms with Crippen molar-refractivity contribution in [3.05, 3.63) is 22.5 Å². The SMILES string of the molecule is O=C(CCn1cc([N+](=O)[O-])cn1)NC1CCCCCCC1C(=O)O. The molecule has 132 valence electrons. The number of hydrogen-bond donors (Lipinski definition) is 2. The molecule has 0 spiro atoms. The average molecular weight is 338 g/mol. The lowest BCUT2D eigenvalue weighted by Gasteiger charge is -2.27. The predicted octanol–water partition coefficient (Wildman–Crippen LogP) is 1.72. The van der Waals surface area contributed by atoms with Crippen LogP contribution < -0.4 is 5.32 Å². The number of carbonyl (C=O) groups is 2. The molecule has 0 radical (unpaired) electrons. The van der Waals surface area contributed by atoms with Crippen LogP contribution in [0.2, 0.25) is 0 Å². The Morgan fingerprint density at radius 2 is 2.04 bits per heavy atom. The summed E-state index contributed by atoms with van der Waals surface area (Å²) in [5, 5.41) is 26.6. The fraction of sp³-hybridized carbons (Fsp3) is 0.667. The molecule has 9 heteroatoms. The molecule has 1 fully saturated rings. The van der Waals surface area contributed by atoms with Crippen LogP contribution in [0.3, 0.4) is 0 Å². The summed E-state index contributed by atoms with van der Waals surface area (Å²) in [7, 11) is 0. The molecular weight excluding hydrogens is 316 g/mol. The predicted molar refractivity (Wildman–Crippen MR) is 84.3 cm³/mol. The van der Waals surface area contributed by atoms with Crippen LogP contribution in [0.1, 0.15) is 44.9 Å². The van der Waals surface area contributed by atoms with Crippen LogP contribution in [0, 0.1) is 16.0 Å². The van der Waals surface area contributed by atoms with Gasteiger partial charge in [0.25, 0.3) is 0 Å². The highest BCUT2D eigenvalue weighted by molar-refractivity contribution is 5.78. The van der Waals surface area contributed by atoms with Crippen LogP contribution in [0.25, 0.3) is 0 Å². The van der Waals surface area contributed by atoms with Crippen molar-refractivity contribution < 1.29 is 19.6 Å². The Morgan fingerprint density at radius 3 is 2.67 bits per heavy atom. The average Bonchev–Trinajstić information content (AvgIpc) is 2.97. The normalized spacial score (nSPS) is 21.5. The molecule has 1 amide bonds. The van der Waals surface area contributed by atoms with Gasteiger partial charge in [-0.25, -0.2) is 0 Å².